The molecule has 32 heavy (non-hydrogen) atoms. The largest absolute Gasteiger partial charge is 0.457 e. The molecule has 2 heterocycles. The first-order valence-corrected chi connectivity index (χ1v) is 9.97. The molecule has 0 radical (unpaired) electrons. The summed E-state index contributed by atoms with van der Waals surface area (Å²) in [6, 6.07) is 10.3. The fraction of sp³-hybridized carbons (Fsp3) is 0.160. The number of hydrogen-bond donors (Lipinski definition) is 0. The van der Waals surface area contributed by atoms with Gasteiger partial charge in [0.1, 0.15) is 11.5 Å². The number of halogens is 5. The molecule has 2 nitrogen and oxygen atoms in total. The molecule has 0 saturated heterocycles. The van der Waals surface area contributed by atoms with E-state index in [9.17, 15) is 17.6 Å². The number of hydrogen-bond acceptors (Lipinski definition) is 2. The molecule has 7 heteroatoms. The van der Waals surface area contributed by atoms with Crippen molar-refractivity contribution in [1.82, 2.24) is 4.98 Å². The minimum atomic E-state index is -4.50. The van der Waals surface area contributed by atoms with Crippen LogP contribution in [0.4, 0.5) is 17.6 Å². The molecule has 1 aliphatic heterocycles. The minimum Gasteiger partial charge on any atom is -0.457 e. The van der Waals surface area contributed by atoms with Gasteiger partial charge in [0.25, 0.3) is 0 Å². The van der Waals surface area contributed by atoms with Gasteiger partial charge in [-0.2, -0.15) is 13.2 Å². The third-order valence-electron chi connectivity index (χ3n) is 5.06. The van der Waals surface area contributed by atoms with Crippen LogP contribution in [0.1, 0.15) is 41.7 Å². The van der Waals surface area contributed by atoms with Gasteiger partial charge in [0, 0.05) is 28.3 Å². The van der Waals surface area contributed by atoms with Crippen molar-refractivity contribution in [2.75, 3.05) is 0 Å². The maximum atomic E-state index is 14.4. The second-order valence-corrected chi connectivity index (χ2v) is 8.22. The second kappa shape index (κ2) is 7.99. The summed E-state index contributed by atoms with van der Waals surface area (Å²) in [4.78, 5) is 3.72. The standard InChI is InChI=1S/C25H16ClF4NO/c1-24(2)12-22(23-19(26)13-31-14-20(23)27)32-21-11-15(8-10-18(21)24)7-9-16-5-3-4-6-17(16)25(28,29)30/h3-6,8,10-14H,1-2H3. The molecule has 3 aromatic rings. The van der Waals surface area contributed by atoms with Gasteiger partial charge in [-0.3, -0.25) is 4.98 Å². The van der Waals surface area contributed by atoms with Gasteiger partial charge in [0.05, 0.1) is 22.3 Å². The highest BCUT2D eigenvalue weighted by Crippen LogP contribution is 2.43. The number of rotatable bonds is 1. The van der Waals surface area contributed by atoms with E-state index in [2.05, 4.69) is 16.8 Å². The van der Waals surface area contributed by atoms with Crippen molar-refractivity contribution in [3.63, 3.8) is 0 Å². The number of ether oxygens (including phenoxy) is 1. The van der Waals surface area contributed by atoms with Crippen molar-refractivity contribution >= 4 is 17.4 Å². The fourth-order valence-corrected chi connectivity index (χ4v) is 3.76. The first-order chi connectivity index (χ1) is 15.1. The molecule has 162 valence electrons. The minimum absolute atomic E-state index is 0.0935. The van der Waals surface area contributed by atoms with E-state index in [0.717, 1.165) is 17.8 Å². The van der Waals surface area contributed by atoms with Gasteiger partial charge in [0.15, 0.2) is 5.82 Å². The van der Waals surface area contributed by atoms with Gasteiger partial charge in [-0.25, -0.2) is 4.39 Å². The molecule has 1 aromatic heterocycles. The number of nitrogens with zero attached hydrogens (tertiary/aromatic N) is 1. The second-order valence-electron chi connectivity index (χ2n) is 7.81. The van der Waals surface area contributed by atoms with Gasteiger partial charge in [-0.1, -0.05) is 55.5 Å². The van der Waals surface area contributed by atoms with Crippen LogP contribution in [0.25, 0.3) is 5.76 Å². The lowest BCUT2D eigenvalue weighted by molar-refractivity contribution is -0.137. The first-order valence-electron chi connectivity index (χ1n) is 9.59. The van der Waals surface area contributed by atoms with Crippen molar-refractivity contribution in [2.45, 2.75) is 25.4 Å². The zero-order valence-electron chi connectivity index (χ0n) is 17.0. The highest BCUT2D eigenvalue weighted by atomic mass is 35.5. The van der Waals surface area contributed by atoms with E-state index in [1.54, 1.807) is 24.3 Å². The van der Waals surface area contributed by atoms with Crippen LogP contribution in [0.5, 0.6) is 5.75 Å². The van der Waals surface area contributed by atoms with E-state index < -0.39 is 23.0 Å². The summed E-state index contributed by atoms with van der Waals surface area (Å²) in [5.74, 6) is 5.40. The van der Waals surface area contributed by atoms with Gasteiger partial charge in [0.2, 0.25) is 0 Å². The summed E-state index contributed by atoms with van der Waals surface area (Å²) >= 11 is 6.15. The molecule has 1 aliphatic rings. The quantitative estimate of drug-likeness (QED) is 0.290. The normalized spacial score (nSPS) is 14.5. The molecule has 0 fully saturated rings. The van der Waals surface area contributed by atoms with E-state index in [1.807, 2.05) is 13.8 Å². The van der Waals surface area contributed by atoms with E-state index in [-0.39, 0.29) is 21.9 Å². The van der Waals surface area contributed by atoms with Gasteiger partial charge in [-0.15, -0.1) is 0 Å². The molecular weight excluding hydrogens is 442 g/mol. The molecule has 0 atom stereocenters. The van der Waals surface area contributed by atoms with Crippen LogP contribution in [0.15, 0.2) is 60.9 Å². The predicted molar refractivity (Wildman–Crippen MR) is 115 cm³/mol. The molecule has 0 bridgehead atoms. The molecule has 4 rings (SSSR count). The van der Waals surface area contributed by atoms with E-state index >= 15 is 0 Å². The number of aromatic nitrogens is 1. The lowest BCUT2D eigenvalue weighted by Crippen LogP contribution is -2.21. The SMILES string of the molecule is CC1(C)C=C(c2c(F)cncc2Cl)Oc2cc(C#Cc3ccccc3C(F)(F)F)ccc21. The van der Waals surface area contributed by atoms with Crippen molar-refractivity contribution < 1.29 is 22.3 Å². The number of pyridine rings is 1. The Morgan fingerprint density at radius 3 is 2.50 bits per heavy atom. The molecule has 0 aliphatic carbocycles. The smallest absolute Gasteiger partial charge is 0.417 e. The third kappa shape index (κ3) is 4.21. The maximum Gasteiger partial charge on any atom is 0.417 e. The highest BCUT2D eigenvalue weighted by Gasteiger charge is 2.33. The molecule has 0 N–H and O–H groups in total. The van der Waals surface area contributed by atoms with Crippen molar-refractivity contribution in [3.05, 3.63) is 99.6 Å². The zero-order chi connectivity index (χ0) is 23.1. The van der Waals surface area contributed by atoms with Crippen LogP contribution in [0.2, 0.25) is 5.02 Å². The number of allylic oxidation sites excluding steroid dienone is 1. The molecule has 2 aromatic carbocycles. The zero-order valence-corrected chi connectivity index (χ0v) is 17.8. The third-order valence-corrected chi connectivity index (χ3v) is 5.35. The molecule has 0 amide bonds. The van der Waals surface area contributed by atoms with Crippen LogP contribution in [0.3, 0.4) is 0 Å². The molecule has 0 unspecified atom stereocenters. The summed E-state index contributed by atoms with van der Waals surface area (Å²) in [5, 5.41) is 0.107. The fourth-order valence-electron chi connectivity index (χ4n) is 3.52. The van der Waals surface area contributed by atoms with Gasteiger partial charge in [-0.05, 0) is 30.3 Å². The van der Waals surface area contributed by atoms with E-state index in [1.165, 1.54) is 24.4 Å². The van der Waals surface area contributed by atoms with E-state index in [4.69, 9.17) is 16.3 Å². The summed E-state index contributed by atoms with van der Waals surface area (Å²) in [6.45, 7) is 3.87. The Bertz CT molecular complexity index is 1280. The Morgan fingerprint density at radius 2 is 1.78 bits per heavy atom. The average molecular weight is 458 g/mol. The van der Waals surface area contributed by atoms with Crippen molar-refractivity contribution in [2.24, 2.45) is 0 Å². The van der Waals surface area contributed by atoms with Crippen LogP contribution in [-0.2, 0) is 11.6 Å². The molecular formula is C25H16ClF4NO. The first kappa shape index (κ1) is 21.9. The van der Waals surface area contributed by atoms with Crippen molar-refractivity contribution in [1.29, 1.82) is 0 Å². The highest BCUT2D eigenvalue weighted by molar-refractivity contribution is 6.32. The lowest BCUT2D eigenvalue weighted by Gasteiger charge is -2.31. The monoisotopic (exact) mass is 457 g/mol. The Morgan fingerprint density at radius 1 is 1.03 bits per heavy atom. The summed E-state index contributed by atoms with van der Waals surface area (Å²) in [5.41, 5.74) is -0.0548. The van der Waals surface area contributed by atoms with Crippen LogP contribution >= 0.6 is 11.6 Å². The Kier molecular flexibility index (Phi) is 5.47. The predicted octanol–water partition coefficient (Wildman–Crippen LogP) is 7.00. The van der Waals surface area contributed by atoms with Gasteiger partial charge < -0.3 is 4.74 Å². The van der Waals surface area contributed by atoms with Crippen LogP contribution < -0.4 is 4.74 Å². The summed E-state index contributed by atoms with van der Waals surface area (Å²) < 4.78 is 60.0. The van der Waals surface area contributed by atoms with Crippen LogP contribution in [-0.4, -0.2) is 4.98 Å². The lowest BCUT2D eigenvalue weighted by atomic mass is 9.81. The Labute approximate surface area is 187 Å². The molecule has 0 saturated carbocycles. The van der Waals surface area contributed by atoms with Crippen molar-refractivity contribution in [3.8, 4) is 17.6 Å². The Hall–Kier alpha value is -3.30. The Balaban J connectivity index is 1.74. The van der Waals surface area contributed by atoms with Gasteiger partial charge >= 0.3 is 6.18 Å². The maximum absolute atomic E-state index is 14.4. The summed E-state index contributed by atoms with van der Waals surface area (Å²) in [7, 11) is 0. The number of benzene rings is 2. The number of fused-ring (bicyclic) bond motifs is 1. The van der Waals surface area contributed by atoms with E-state index in [0.29, 0.717) is 11.3 Å². The average Bonchev–Trinajstić information content (AvgIpc) is 2.71. The summed E-state index contributed by atoms with van der Waals surface area (Å²) in [6.07, 6.45) is -0.354. The topological polar surface area (TPSA) is 22.1 Å². The molecule has 0 spiro atoms. The van der Waals surface area contributed by atoms with Crippen LogP contribution in [0, 0.1) is 17.7 Å². The number of alkyl halides is 3.